The maximum Gasteiger partial charge on any atom is 0.414 e. The molecule has 23 heavy (non-hydrogen) atoms. The molecule has 6 heteroatoms. The summed E-state index contributed by atoms with van der Waals surface area (Å²) in [6, 6.07) is 13.7. The Morgan fingerprint density at radius 1 is 1.13 bits per heavy atom. The third kappa shape index (κ3) is 4.23. The fourth-order valence-corrected chi connectivity index (χ4v) is 1.94. The molecule has 2 N–H and O–H groups in total. The Morgan fingerprint density at radius 2 is 1.83 bits per heavy atom. The number of carbonyl (C=O) groups is 2. The summed E-state index contributed by atoms with van der Waals surface area (Å²) in [6.07, 6.45) is -0.526. The number of ether oxygens (including phenoxy) is 2. The van der Waals surface area contributed by atoms with Gasteiger partial charge in [-0.2, -0.15) is 0 Å². The van der Waals surface area contributed by atoms with E-state index in [-0.39, 0.29) is 6.61 Å². The second-order valence-corrected chi connectivity index (χ2v) is 4.88. The van der Waals surface area contributed by atoms with Gasteiger partial charge in [0.15, 0.2) is 0 Å². The molecule has 0 saturated carbocycles. The minimum atomic E-state index is -0.549. The summed E-state index contributed by atoms with van der Waals surface area (Å²) in [5.74, 6) is 0.187. The first kappa shape index (κ1) is 16.4. The molecule has 0 aliphatic heterocycles. The van der Waals surface area contributed by atoms with Crippen molar-refractivity contribution in [1.82, 2.24) is 0 Å². The zero-order valence-corrected chi connectivity index (χ0v) is 13.0. The summed E-state index contributed by atoms with van der Waals surface area (Å²) in [5.41, 5.74) is 6.94. The number of carbonyl (C=O) groups excluding carboxylic acids is 2. The molecule has 2 aromatic carbocycles. The molecular weight excluding hydrogens is 296 g/mol. The molecule has 0 atom stereocenters. The van der Waals surface area contributed by atoms with Crippen LogP contribution < -0.4 is 15.4 Å². The monoisotopic (exact) mass is 314 g/mol. The van der Waals surface area contributed by atoms with Gasteiger partial charge in [0.25, 0.3) is 0 Å². The maximum absolute atomic E-state index is 12.1. The summed E-state index contributed by atoms with van der Waals surface area (Å²) in [7, 11) is 3.15. The molecule has 0 unspecified atom stereocenters. The Labute approximate surface area is 134 Å². The third-order valence-corrected chi connectivity index (χ3v) is 3.31. The average Bonchev–Trinajstić information content (AvgIpc) is 2.59. The molecule has 0 heterocycles. The molecule has 0 aromatic heterocycles. The highest BCUT2D eigenvalue weighted by Gasteiger charge is 2.13. The number of rotatable bonds is 5. The van der Waals surface area contributed by atoms with Crippen LogP contribution in [0, 0.1) is 0 Å². The van der Waals surface area contributed by atoms with Crippen LogP contribution in [0.15, 0.2) is 48.5 Å². The summed E-state index contributed by atoms with van der Waals surface area (Å²) in [5, 5.41) is 0. The van der Waals surface area contributed by atoms with Gasteiger partial charge in [-0.1, -0.05) is 18.2 Å². The SMILES string of the molecule is COc1ccc(COC(=O)N(C)c2cccc(C(N)=O)c2)cc1. The van der Waals surface area contributed by atoms with Crippen LogP contribution in [0.2, 0.25) is 0 Å². The largest absolute Gasteiger partial charge is 0.497 e. The second kappa shape index (κ2) is 7.31. The van der Waals surface area contributed by atoms with Gasteiger partial charge in [-0.3, -0.25) is 9.69 Å². The lowest BCUT2D eigenvalue weighted by molar-refractivity contribution is 0.1000. The smallest absolute Gasteiger partial charge is 0.414 e. The van der Waals surface area contributed by atoms with E-state index in [0.717, 1.165) is 11.3 Å². The summed E-state index contributed by atoms with van der Waals surface area (Å²) >= 11 is 0. The minimum absolute atomic E-state index is 0.142. The molecule has 0 bridgehead atoms. The van der Waals surface area contributed by atoms with Crippen LogP contribution in [0.4, 0.5) is 10.5 Å². The molecule has 0 aliphatic rings. The summed E-state index contributed by atoms with van der Waals surface area (Å²) in [4.78, 5) is 24.6. The molecule has 0 fully saturated rings. The van der Waals surface area contributed by atoms with Gasteiger partial charge in [0.1, 0.15) is 12.4 Å². The van der Waals surface area contributed by atoms with E-state index in [1.54, 1.807) is 44.5 Å². The standard InChI is InChI=1S/C17H18N2O4/c1-19(14-5-3-4-13(10-14)16(18)20)17(21)23-11-12-6-8-15(22-2)9-7-12/h3-10H,11H2,1-2H3,(H2,18,20). The Kier molecular flexibility index (Phi) is 5.19. The van der Waals surface area contributed by atoms with Crippen LogP contribution in [0.25, 0.3) is 0 Å². The Bertz CT molecular complexity index is 698. The molecular formula is C17H18N2O4. The van der Waals surface area contributed by atoms with Gasteiger partial charge < -0.3 is 15.2 Å². The zero-order valence-electron chi connectivity index (χ0n) is 13.0. The predicted octanol–water partition coefficient (Wildman–Crippen LogP) is 2.57. The fraction of sp³-hybridized carbons (Fsp3) is 0.176. The number of benzene rings is 2. The van der Waals surface area contributed by atoms with Crippen LogP contribution in [-0.2, 0) is 11.3 Å². The molecule has 120 valence electrons. The van der Waals surface area contributed by atoms with Gasteiger partial charge in [0, 0.05) is 18.3 Å². The molecule has 0 saturated heterocycles. The van der Waals surface area contributed by atoms with Gasteiger partial charge >= 0.3 is 6.09 Å². The Morgan fingerprint density at radius 3 is 2.43 bits per heavy atom. The first-order valence-corrected chi connectivity index (χ1v) is 6.94. The van der Waals surface area contributed by atoms with E-state index in [1.165, 1.54) is 11.0 Å². The van der Waals surface area contributed by atoms with E-state index in [4.69, 9.17) is 15.2 Å². The number of nitrogens with zero attached hydrogens (tertiary/aromatic N) is 1. The van der Waals surface area contributed by atoms with Crippen LogP contribution in [0.1, 0.15) is 15.9 Å². The first-order valence-electron chi connectivity index (χ1n) is 6.94. The van der Waals surface area contributed by atoms with Crippen molar-refractivity contribution >= 4 is 17.7 Å². The topological polar surface area (TPSA) is 81.9 Å². The fourth-order valence-electron chi connectivity index (χ4n) is 1.94. The number of nitrogens with two attached hydrogens (primary N) is 1. The third-order valence-electron chi connectivity index (χ3n) is 3.31. The van der Waals surface area contributed by atoms with Crippen molar-refractivity contribution in [2.24, 2.45) is 5.73 Å². The molecule has 0 aliphatic carbocycles. The second-order valence-electron chi connectivity index (χ2n) is 4.88. The van der Waals surface area contributed by atoms with E-state index >= 15 is 0 Å². The van der Waals surface area contributed by atoms with Crippen LogP contribution >= 0.6 is 0 Å². The van der Waals surface area contributed by atoms with E-state index < -0.39 is 12.0 Å². The van der Waals surface area contributed by atoms with Crippen molar-refractivity contribution in [3.8, 4) is 5.75 Å². The zero-order chi connectivity index (χ0) is 16.8. The Hall–Kier alpha value is -3.02. The van der Waals surface area contributed by atoms with Crippen molar-refractivity contribution in [2.45, 2.75) is 6.61 Å². The first-order chi connectivity index (χ1) is 11.0. The van der Waals surface area contributed by atoms with Crippen molar-refractivity contribution in [2.75, 3.05) is 19.1 Å². The van der Waals surface area contributed by atoms with Gasteiger partial charge in [-0.25, -0.2) is 4.79 Å². The van der Waals surface area contributed by atoms with Gasteiger partial charge in [-0.15, -0.1) is 0 Å². The van der Waals surface area contributed by atoms with E-state index in [0.29, 0.717) is 11.3 Å². The summed E-state index contributed by atoms with van der Waals surface area (Å²) in [6.45, 7) is 0.142. The lowest BCUT2D eigenvalue weighted by Crippen LogP contribution is -2.27. The number of hydrogen-bond acceptors (Lipinski definition) is 4. The number of anilines is 1. The lowest BCUT2D eigenvalue weighted by atomic mass is 10.2. The molecule has 0 spiro atoms. The quantitative estimate of drug-likeness (QED) is 0.919. The average molecular weight is 314 g/mol. The highest BCUT2D eigenvalue weighted by molar-refractivity contribution is 5.95. The highest BCUT2D eigenvalue weighted by Crippen LogP contribution is 2.17. The molecule has 6 nitrogen and oxygen atoms in total. The maximum atomic E-state index is 12.1. The molecule has 0 radical (unpaired) electrons. The van der Waals surface area contributed by atoms with E-state index in [2.05, 4.69) is 0 Å². The van der Waals surface area contributed by atoms with Gasteiger partial charge in [0.2, 0.25) is 5.91 Å². The normalized spacial score (nSPS) is 10.0. The number of methoxy groups -OCH3 is 1. The van der Waals surface area contributed by atoms with E-state index in [9.17, 15) is 9.59 Å². The van der Waals surface area contributed by atoms with Crippen LogP contribution in [0.5, 0.6) is 5.75 Å². The number of primary amides is 1. The molecule has 2 aromatic rings. The predicted molar refractivity (Wildman–Crippen MR) is 86.5 cm³/mol. The van der Waals surface area contributed by atoms with Crippen molar-refractivity contribution in [3.63, 3.8) is 0 Å². The van der Waals surface area contributed by atoms with Gasteiger partial charge in [-0.05, 0) is 35.9 Å². The number of amides is 2. The lowest BCUT2D eigenvalue weighted by Gasteiger charge is -2.17. The Balaban J connectivity index is 1.99. The molecule has 2 amide bonds. The van der Waals surface area contributed by atoms with Crippen molar-refractivity contribution in [1.29, 1.82) is 0 Å². The number of hydrogen-bond donors (Lipinski definition) is 1. The highest BCUT2D eigenvalue weighted by atomic mass is 16.6. The van der Waals surface area contributed by atoms with Crippen molar-refractivity contribution < 1.29 is 19.1 Å². The van der Waals surface area contributed by atoms with Crippen molar-refractivity contribution in [3.05, 3.63) is 59.7 Å². The molecule has 2 rings (SSSR count). The van der Waals surface area contributed by atoms with Crippen LogP contribution in [-0.4, -0.2) is 26.2 Å². The van der Waals surface area contributed by atoms with Crippen LogP contribution in [0.3, 0.4) is 0 Å². The van der Waals surface area contributed by atoms with Gasteiger partial charge in [0.05, 0.1) is 7.11 Å². The minimum Gasteiger partial charge on any atom is -0.497 e. The van der Waals surface area contributed by atoms with E-state index in [1.807, 2.05) is 12.1 Å². The summed E-state index contributed by atoms with van der Waals surface area (Å²) < 4.78 is 10.3.